The summed E-state index contributed by atoms with van der Waals surface area (Å²) in [6.07, 6.45) is 0. The number of carbonyl (C=O) groups is 1. The van der Waals surface area contributed by atoms with Crippen LogP contribution < -0.4 is 0 Å². The van der Waals surface area contributed by atoms with Crippen LogP contribution in [0.4, 0.5) is 0 Å². The minimum Gasteiger partial charge on any atom is -0.480 e. The Morgan fingerprint density at radius 2 is 2.10 bits per heavy atom. The highest BCUT2D eigenvalue weighted by Crippen LogP contribution is 2.07. The molecule has 0 amide bonds. The zero-order chi connectivity index (χ0) is 7.40. The van der Waals surface area contributed by atoms with E-state index in [2.05, 4.69) is 0 Å². The highest BCUT2D eigenvalue weighted by atomic mass is 32.2. The number of carboxylic acids is 1. The molecule has 10 heavy (non-hydrogen) atoms. The largest absolute Gasteiger partial charge is 0.480 e. The molecular formula is C6H11NO2S. The molecule has 3 nitrogen and oxygen atoms in total. The summed E-state index contributed by atoms with van der Waals surface area (Å²) in [6, 6.07) is 0. The van der Waals surface area contributed by atoms with E-state index in [-0.39, 0.29) is 6.54 Å². The average molecular weight is 161 g/mol. The van der Waals surface area contributed by atoms with Crippen LogP contribution in [0, 0.1) is 0 Å². The Balaban J connectivity index is 2.19. The lowest BCUT2D eigenvalue weighted by molar-refractivity contribution is -0.138. The van der Waals surface area contributed by atoms with Crippen molar-refractivity contribution in [2.75, 3.05) is 31.1 Å². The third-order valence-corrected chi connectivity index (χ3v) is 2.41. The van der Waals surface area contributed by atoms with E-state index >= 15 is 0 Å². The second kappa shape index (κ2) is 3.83. The number of carboxylic acid groups (broad SMARTS) is 1. The van der Waals surface area contributed by atoms with Crippen LogP contribution in [0.15, 0.2) is 0 Å². The Kier molecular flexibility index (Phi) is 3.02. The van der Waals surface area contributed by atoms with Crippen LogP contribution in [0.2, 0.25) is 0 Å². The molecule has 1 aliphatic heterocycles. The van der Waals surface area contributed by atoms with Gasteiger partial charge in [-0.25, -0.2) is 0 Å². The monoisotopic (exact) mass is 161 g/mol. The van der Waals surface area contributed by atoms with Gasteiger partial charge in [-0.2, -0.15) is 11.8 Å². The summed E-state index contributed by atoms with van der Waals surface area (Å²) >= 11 is 1.89. The zero-order valence-corrected chi connectivity index (χ0v) is 6.56. The highest BCUT2D eigenvalue weighted by molar-refractivity contribution is 7.99. The lowest BCUT2D eigenvalue weighted by Gasteiger charge is -2.23. The smallest absolute Gasteiger partial charge is 0.317 e. The summed E-state index contributed by atoms with van der Waals surface area (Å²) in [5.41, 5.74) is 0. The Morgan fingerprint density at radius 3 is 2.60 bits per heavy atom. The van der Waals surface area contributed by atoms with Crippen LogP contribution in [-0.2, 0) is 4.79 Å². The van der Waals surface area contributed by atoms with Gasteiger partial charge in [-0.1, -0.05) is 0 Å². The van der Waals surface area contributed by atoms with Gasteiger partial charge in [0.1, 0.15) is 0 Å². The first-order chi connectivity index (χ1) is 4.79. The minimum absolute atomic E-state index is 0.209. The van der Waals surface area contributed by atoms with Crippen molar-refractivity contribution in [1.29, 1.82) is 0 Å². The van der Waals surface area contributed by atoms with Crippen molar-refractivity contribution in [3.05, 3.63) is 0 Å². The van der Waals surface area contributed by atoms with Crippen LogP contribution in [0.1, 0.15) is 0 Å². The van der Waals surface area contributed by atoms with Crippen molar-refractivity contribution in [3.8, 4) is 0 Å². The van der Waals surface area contributed by atoms with Crippen LogP contribution in [0.3, 0.4) is 0 Å². The number of nitrogens with zero attached hydrogens (tertiary/aromatic N) is 1. The number of aliphatic carboxylic acids is 1. The number of rotatable bonds is 2. The summed E-state index contributed by atoms with van der Waals surface area (Å²) in [6.45, 7) is 2.06. The molecular weight excluding hydrogens is 150 g/mol. The Hall–Kier alpha value is -0.220. The summed E-state index contributed by atoms with van der Waals surface area (Å²) in [7, 11) is 0. The van der Waals surface area contributed by atoms with E-state index in [1.54, 1.807) is 0 Å². The van der Waals surface area contributed by atoms with Gasteiger partial charge in [0.05, 0.1) is 6.54 Å². The molecule has 0 aromatic rings. The molecule has 0 radical (unpaired) electrons. The summed E-state index contributed by atoms with van der Waals surface area (Å²) in [4.78, 5) is 12.2. The number of hydrogen-bond acceptors (Lipinski definition) is 3. The number of thioether (sulfide) groups is 1. The molecule has 1 saturated heterocycles. The molecule has 4 heteroatoms. The van der Waals surface area contributed by atoms with E-state index in [0.717, 1.165) is 24.6 Å². The van der Waals surface area contributed by atoms with E-state index in [9.17, 15) is 4.79 Å². The summed E-state index contributed by atoms with van der Waals surface area (Å²) in [5.74, 6) is 1.44. The predicted octanol–water partition coefficient (Wildman–Crippen LogP) is 0.120. The Bertz CT molecular complexity index is 123. The normalized spacial score (nSPS) is 20.8. The second-order valence-electron chi connectivity index (χ2n) is 2.28. The molecule has 1 heterocycles. The Morgan fingerprint density at radius 1 is 1.50 bits per heavy atom. The molecule has 58 valence electrons. The van der Waals surface area contributed by atoms with E-state index in [0.29, 0.717) is 0 Å². The van der Waals surface area contributed by atoms with Gasteiger partial charge in [0.2, 0.25) is 0 Å². The summed E-state index contributed by atoms with van der Waals surface area (Å²) < 4.78 is 0. The molecule has 0 atom stereocenters. The highest BCUT2D eigenvalue weighted by Gasteiger charge is 2.12. The van der Waals surface area contributed by atoms with Crippen molar-refractivity contribution >= 4 is 17.7 Å². The maximum Gasteiger partial charge on any atom is 0.317 e. The predicted molar refractivity (Wildman–Crippen MR) is 41.4 cm³/mol. The van der Waals surface area contributed by atoms with Gasteiger partial charge in [-0.3, -0.25) is 9.69 Å². The molecule has 1 fully saturated rings. The first-order valence-electron chi connectivity index (χ1n) is 3.31. The third kappa shape index (κ3) is 2.58. The topological polar surface area (TPSA) is 40.5 Å². The maximum absolute atomic E-state index is 10.2. The lowest BCUT2D eigenvalue weighted by Crippen LogP contribution is -2.36. The average Bonchev–Trinajstić information content (AvgIpc) is 1.88. The zero-order valence-electron chi connectivity index (χ0n) is 5.75. The van der Waals surface area contributed by atoms with Crippen LogP contribution in [0.25, 0.3) is 0 Å². The van der Waals surface area contributed by atoms with Crippen molar-refractivity contribution in [2.24, 2.45) is 0 Å². The standard InChI is InChI=1S/C6H11NO2S/c8-6(9)5-7-1-3-10-4-2-7/h1-5H2,(H,8,9). The van der Waals surface area contributed by atoms with Gasteiger partial charge in [-0.15, -0.1) is 0 Å². The molecule has 1 aliphatic rings. The first-order valence-corrected chi connectivity index (χ1v) is 4.46. The molecule has 0 spiro atoms. The van der Waals surface area contributed by atoms with Crippen molar-refractivity contribution in [2.45, 2.75) is 0 Å². The second-order valence-corrected chi connectivity index (χ2v) is 3.51. The van der Waals surface area contributed by atoms with Gasteiger partial charge in [0.15, 0.2) is 0 Å². The van der Waals surface area contributed by atoms with Crippen LogP contribution in [-0.4, -0.2) is 47.1 Å². The minimum atomic E-state index is -0.716. The van der Waals surface area contributed by atoms with Gasteiger partial charge >= 0.3 is 5.97 Å². The summed E-state index contributed by atoms with van der Waals surface area (Å²) in [5, 5.41) is 8.42. The van der Waals surface area contributed by atoms with Crippen molar-refractivity contribution in [1.82, 2.24) is 4.90 Å². The number of hydrogen-bond donors (Lipinski definition) is 1. The fraction of sp³-hybridized carbons (Fsp3) is 0.833. The molecule has 0 aromatic heterocycles. The molecule has 1 rings (SSSR count). The molecule has 1 N–H and O–H groups in total. The SMILES string of the molecule is O=C(O)CN1CCSCC1. The molecule has 0 saturated carbocycles. The Labute approximate surface area is 64.4 Å². The molecule has 0 unspecified atom stereocenters. The van der Waals surface area contributed by atoms with Crippen molar-refractivity contribution in [3.63, 3.8) is 0 Å². The van der Waals surface area contributed by atoms with E-state index in [1.165, 1.54) is 0 Å². The van der Waals surface area contributed by atoms with Gasteiger partial charge in [-0.05, 0) is 0 Å². The van der Waals surface area contributed by atoms with Crippen molar-refractivity contribution < 1.29 is 9.90 Å². The maximum atomic E-state index is 10.2. The van der Waals surface area contributed by atoms with Crippen LogP contribution >= 0.6 is 11.8 Å². The molecule has 0 bridgehead atoms. The van der Waals surface area contributed by atoms with E-state index in [1.807, 2.05) is 16.7 Å². The molecule has 0 aromatic carbocycles. The quantitative estimate of drug-likeness (QED) is 0.624. The third-order valence-electron chi connectivity index (χ3n) is 1.46. The van der Waals surface area contributed by atoms with E-state index in [4.69, 9.17) is 5.11 Å². The van der Waals surface area contributed by atoms with E-state index < -0.39 is 5.97 Å². The van der Waals surface area contributed by atoms with Gasteiger partial charge in [0.25, 0.3) is 0 Å². The van der Waals surface area contributed by atoms with Gasteiger partial charge in [0, 0.05) is 24.6 Å². The van der Waals surface area contributed by atoms with Gasteiger partial charge < -0.3 is 5.11 Å². The lowest BCUT2D eigenvalue weighted by atomic mass is 10.5. The first kappa shape index (κ1) is 7.88. The van der Waals surface area contributed by atoms with Crippen LogP contribution in [0.5, 0.6) is 0 Å². The fourth-order valence-electron chi connectivity index (χ4n) is 0.951. The fourth-order valence-corrected chi connectivity index (χ4v) is 1.93. The molecule has 0 aliphatic carbocycles.